The van der Waals surface area contributed by atoms with E-state index in [1.54, 1.807) is 31.2 Å². The van der Waals surface area contributed by atoms with Crippen LogP contribution in [-0.2, 0) is 9.53 Å². The first-order chi connectivity index (χ1) is 12.4. The molecule has 136 valence electrons. The van der Waals surface area contributed by atoms with Gasteiger partial charge in [-0.15, -0.1) is 11.3 Å². The molecule has 0 aliphatic carbocycles. The third-order valence-electron chi connectivity index (χ3n) is 3.93. The van der Waals surface area contributed by atoms with E-state index in [0.717, 1.165) is 10.4 Å². The van der Waals surface area contributed by atoms with Gasteiger partial charge >= 0.3 is 5.97 Å². The molecule has 1 N–H and O–H groups in total. The van der Waals surface area contributed by atoms with E-state index in [1.165, 1.54) is 11.3 Å². The summed E-state index contributed by atoms with van der Waals surface area (Å²) in [6, 6.07) is 6.85. The molecular formula is C18H17ClN2O4S. The van der Waals surface area contributed by atoms with E-state index in [4.69, 9.17) is 21.1 Å². The standard InChI is InChI=1S/C18H17ClN2O4S/c1-9-11(3)26-18-15(9)17(23)20-16(21-18)10(2)25-14(22)8-24-13-7-5-4-6-12(13)19/h4-7,10H,8H2,1-3H3,(H,20,21,23)/t10-/m0/s1. The van der Waals surface area contributed by atoms with Gasteiger partial charge in [0.2, 0.25) is 0 Å². The maximum Gasteiger partial charge on any atom is 0.344 e. The van der Waals surface area contributed by atoms with Crippen molar-refractivity contribution < 1.29 is 14.3 Å². The average Bonchev–Trinajstić information content (AvgIpc) is 2.88. The second-order valence-corrected chi connectivity index (χ2v) is 7.38. The lowest BCUT2D eigenvalue weighted by Crippen LogP contribution is -2.20. The van der Waals surface area contributed by atoms with Crippen LogP contribution in [0.15, 0.2) is 29.1 Å². The van der Waals surface area contributed by atoms with Crippen molar-refractivity contribution in [1.82, 2.24) is 9.97 Å². The van der Waals surface area contributed by atoms with Crippen LogP contribution in [0.4, 0.5) is 0 Å². The van der Waals surface area contributed by atoms with E-state index in [-0.39, 0.29) is 12.2 Å². The minimum atomic E-state index is -0.711. The molecule has 26 heavy (non-hydrogen) atoms. The fourth-order valence-electron chi connectivity index (χ4n) is 2.45. The Morgan fingerprint density at radius 2 is 2.08 bits per heavy atom. The van der Waals surface area contributed by atoms with Crippen LogP contribution >= 0.6 is 22.9 Å². The van der Waals surface area contributed by atoms with Gasteiger partial charge in [0.15, 0.2) is 18.5 Å². The Kier molecular flexibility index (Phi) is 5.29. The molecule has 2 heterocycles. The first-order valence-electron chi connectivity index (χ1n) is 7.93. The SMILES string of the molecule is Cc1sc2nc([C@H](C)OC(=O)COc3ccccc3Cl)[nH]c(=O)c2c1C. The Morgan fingerprint density at radius 3 is 2.81 bits per heavy atom. The summed E-state index contributed by atoms with van der Waals surface area (Å²) in [5, 5.41) is 0.991. The van der Waals surface area contributed by atoms with Crippen molar-refractivity contribution in [3.05, 3.63) is 55.9 Å². The smallest absolute Gasteiger partial charge is 0.344 e. The summed E-state index contributed by atoms with van der Waals surface area (Å²) in [5.74, 6) is 0.116. The van der Waals surface area contributed by atoms with Crippen LogP contribution in [0.3, 0.4) is 0 Å². The molecule has 8 heteroatoms. The predicted octanol–water partition coefficient (Wildman–Crippen LogP) is 3.94. The maximum absolute atomic E-state index is 12.3. The molecule has 0 bridgehead atoms. The fourth-order valence-corrected chi connectivity index (χ4v) is 3.68. The highest BCUT2D eigenvalue weighted by Gasteiger charge is 2.18. The van der Waals surface area contributed by atoms with Gasteiger partial charge in [-0.1, -0.05) is 23.7 Å². The number of hydrogen-bond acceptors (Lipinski definition) is 6. The Bertz CT molecular complexity index is 1030. The molecule has 3 aromatic rings. The molecule has 0 aliphatic heterocycles. The van der Waals surface area contributed by atoms with Crippen LogP contribution < -0.4 is 10.3 Å². The molecule has 0 saturated carbocycles. The van der Waals surface area contributed by atoms with Crippen molar-refractivity contribution in [3.8, 4) is 5.75 Å². The fraction of sp³-hybridized carbons (Fsp3) is 0.278. The van der Waals surface area contributed by atoms with Gasteiger partial charge < -0.3 is 14.5 Å². The number of aromatic nitrogens is 2. The number of aryl methyl sites for hydroxylation is 2. The van der Waals surface area contributed by atoms with Gasteiger partial charge in [-0.2, -0.15) is 0 Å². The van der Waals surface area contributed by atoms with Gasteiger partial charge in [-0.3, -0.25) is 4.79 Å². The summed E-state index contributed by atoms with van der Waals surface area (Å²) < 4.78 is 10.7. The first-order valence-corrected chi connectivity index (χ1v) is 9.13. The zero-order chi connectivity index (χ0) is 18.8. The number of rotatable bonds is 5. The van der Waals surface area contributed by atoms with Crippen LogP contribution in [0.1, 0.15) is 29.3 Å². The minimum Gasteiger partial charge on any atom is -0.480 e. The number of nitrogens with zero attached hydrogens (tertiary/aromatic N) is 1. The number of thiophene rings is 1. The lowest BCUT2D eigenvalue weighted by molar-refractivity contribution is -0.151. The van der Waals surface area contributed by atoms with Crippen LogP contribution in [-0.4, -0.2) is 22.5 Å². The number of H-pyrrole nitrogens is 1. The van der Waals surface area contributed by atoms with E-state index >= 15 is 0 Å². The van der Waals surface area contributed by atoms with Crippen LogP contribution in [0, 0.1) is 13.8 Å². The summed E-state index contributed by atoms with van der Waals surface area (Å²) in [6.07, 6.45) is -0.711. The summed E-state index contributed by atoms with van der Waals surface area (Å²) in [7, 11) is 0. The summed E-state index contributed by atoms with van der Waals surface area (Å²) in [4.78, 5) is 33.1. The van der Waals surface area contributed by atoms with Gasteiger partial charge in [0.1, 0.15) is 10.6 Å². The molecule has 0 spiro atoms. The highest BCUT2D eigenvalue weighted by Crippen LogP contribution is 2.27. The lowest BCUT2D eigenvalue weighted by Gasteiger charge is -2.13. The molecule has 1 atom stereocenters. The van der Waals surface area contributed by atoms with Crippen molar-refractivity contribution in [2.75, 3.05) is 6.61 Å². The molecule has 0 radical (unpaired) electrons. The van der Waals surface area contributed by atoms with E-state index in [9.17, 15) is 9.59 Å². The van der Waals surface area contributed by atoms with Crippen LogP contribution in [0.5, 0.6) is 5.75 Å². The van der Waals surface area contributed by atoms with Crippen molar-refractivity contribution in [2.45, 2.75) is 26.9 Å². The summed E-state index contributed by atoms with van der Waals surface area (Å²) in [5.41, 5.74) is 0.685. The summed E-state index contributed by atoms with van der Waals surface area (Å²) in [6.45, 7) is 5.18. The van der Waals surface area contributed by atoms with Gasteiger partial charge in [0, 0.05) is 4.88 Å². The maximum atomic E-state index is 12.3. The number of halogens is 1. The molecule has 3 rings (SSSR count). The normalized spacial score (nSPS) is 12.2. The molecule has 2 aromatic heterocycles. The van der Waals surface area contributed by atoms with E-state index < -0.39 is 12.1 Å². The quantitative estimate of drug-likeness (QED) is 0.665. The molecular weight excluding hydrogens is 376 g/mol. The number of carbonyl (C=O) groups excluding carboxylic acids is 1. The number of para-hydroxylation sites is 1. The van der Waals surface area contributed by atoms with Crippen molar-refractivity contribution in [3.63, 3.8) is 0 Å². The number of carbonyl (C=O) groups is 1. The average molecular weight is 393 g/mol. The number of aromatic amines is 1. The first kappa shape index (κ1) is 18.4. The predicted molar refractivity (Wildman–Crippen MR) is 101 cm³/mol. The number of benzene rings is 1. The van der Waals surface area contributed by atoms with Crippen molar-refractivity contribution in [2.24, 2.45) is 0 Å². The Labute approximate surface area is 158 Å². The second-order valence-electron chi connectivity index (χ2n) is 5.77. The summed E-state index contributed by atoms with van der Waals surface area (Å²) >= 11 is 7.41. The van der Waals surface area contributed by atoms with E-state index in [0.29, 0.717) is 26.8 Å². The monoisotopic (exact) mass is 392 g/mol. The topological polar surface area (TPSA) is 81.3 Å². The molecule has 0 fully saturated rings. The Morgan fingerprint density at radius 1 is 1.35 bits per heavy atom. The third kappa shape index (κ3) is 3.73. The largest absolute Gasteiger partial charge is 0.480 e. The molecule has 0 amide bonds. The number of esters is 1. The van der Waals surface area contributed by atoms with Crippen LogP contribution in [0.2, 0.25) is 5.02 Å². The van der Waals surface area contributed by atoms with E-state index in [2.05, 4.69) is 9.97 Å². The van der Waals surface area contributed by atoms with Gasteiger partial charge in [-0.25, -0.2) is 9.78 Å². The number of hydrogen-bond donors (Lipinski definition) is 1. The molecule has 0 saturated heterocycles. The Balaban J connectivity index is 1.70. The highest BCUT2D eigenvalue weighted by atomic mass is 35.5. The van der Waals surface area contributed by atoms with Gasteiger partial charge in [0.25, 0.3) is 5.56 Å². The highest BCUT2D eigenvalue weighted by molar-refractivity contribution is 7.18. The number of ether oxygens (including phenoxy) is 2. The van der Waals surface area contributed by atoms with Gasteiger partial charge in [-0.05, 0) is 38.5 Å². The van der Waals surface area contributed by atoms with Crippen molar-refractivity contribution in [1.29, 1.82) is 0 Å². The van der Waals surface area contributed by atoms with Gasteiger partial charge in [0.05, 0.1) is 10.4 Å². The minimum absolute atomic E-state index is 0.234. The van der Waals surface area contributed by atoms with E-state index in [1.807, 2.05) is 13.8 Å². The second kappa shape index (κ2) is 7.47. The zero-order valence-corrected chi connectivity index (χ0v) is 16.0. The molecule has 6 nitrogen and oxygen atoms in total. The number of fused-ring (bicyclic) bond motifs is 1. The number of nitrogens with one attached hydrogen (secondary N) is 1. The van der Waals surface area contributed by atoms with Crippen molar-refractivity contribution >= 4 is 39.1 Å². The Hall–Kier alpha value is -2.38. The molecule has 0 unspecified atom stereocenters. The third-order valence-corrected chi connectivity index (χ3v) is 5.35. The zero-order valence-electron chi connectivity index (χ0n) is 14.5. The lowest BCUT2D eigenvalue weighted by atomic mass is 10.2. The van der Waals surface area contributed by atoms with Crippen LogP contribution in [0.25, 0.3) is 10.2 Å². The molecule has 1 aromatic carbocycles. The molecule has 0 aliphatic rings.